The van der Waals surface area contributed by atoms with Crippen molar-refractivity contribution in [1.82, 2.24) is 20.1 Å². The van der Waals surface area contributed by atoms with Crippen LogP contribution in [0.5, 0.6) is 0 Å². The Kier molecular flexibility index (Phi) is 5.83. The van der Waals surface area contributed by atoms with E-state index in [1.54, 1.807) is 0 Å². The third-order valence-corrected chi connectivity index (χ3v) is 4.37. The summed E-state index contributed by atoms with van der Waals surface area (Å²) >= 11 is 0. The monoisotopic (exact) mass is 264 g/mol. The van der Waals surface area contributed by atoms with E-state index in [1.807, 2.05) is 6.33 Å². The predicted molar refractivity (Wildman–Crippen MR) is 77.8 cm³/mol. The molecule has 2 atom stereocenters. The molecule has 1 fully saturated rings. The van der Waals surface area contributed by atoms with Crippen molar-refractivity contribution < 1.29 is 0 Å². The summed E-state index contributed by atoms with van der Waals surface area (Å²) < 4.78 is 2.11. The van der Waals surface area contributed by atoms with Crippen molar-refractivity contribution in [3.63, 3.8) is 0 Å². The lowest BCUT2D eigenvalue weighted by Crippen LogP contribution is -2.29. The van der Waals surface area contributed by atoms with Gasteiger partial charge in [-0.3, -0.25) is 0 Å². The van der Waals surface area contributed by atoms with Gasteiger partial charge in [0.15, 0.2) is 0 Å². The summed E-state index contributed by atoms with van der Waals surface area (Å²) in [7, 11) is 0. The summed E-state index contributed by atoms with van der Waals surface area (Å²) in [6.45, 7) is 6.25. The van der Waals surface area contributed by atoms with Gasteiger partial charge in [-0.15, -0.1) is 10.2 Å². The fourth-order valence-corrected chi connectivity index (χ4v) is 3.20. The Morgan fingerprint density at radius 2 is 2.16 bits per heavy atom. The lowest BCUT2D eigenvalue weighted by atomic mass is 9.95. The maximum atomic E-state index is 4.19. The van der Waals surface area contributed by atoms with E-state index in [2.05, 4.69) is 33.9 Å². The molecule has 0 aromatic carbocycles. The van der Waals surface area contributed by atoms with Crippen molar-refractivity contribution in [1.29, 1.82) is 0 Å². The van der Waals surface area contributed by atoms with Crippen LogP contribution < -0.4 is 5.32 Å². The number of aryl methyl sites for hydroxylation is 1. The average Bonchev–Trinajstić information content (AvgIpc) is 2.77. The van der Waals surface area contributed by atoms with Gasteiger partial charge in [-0.2, -0.15) is 0 Å². The van der Waals surface area contributed by atoms with E-state index in [4.69, 9.17) is 0 Å². The number of hydrogen-bond acceptors (Lipinski definition) is 3. The van der Waals surface area contributed by atoms with E-state index in [0.717, 1.165) is 24.8 Å². The van der Waals surface area contributed by atoms with Gasteiger partial charge in [0, 0.05) is 12.6 Å². The van der Waals surface area contributed by atoms with Crippen LogP contribution in [0.1, 0.15) is 64.6 Å². The summed E-state index contributed by atoms with van der Waals surface area (Å²) in [6, 6.07) is 0.670. The van der Waals surface area contributed by atoms with Gasteiger partial charge in [-0.1, -0.05) is 32.6 Å². The third-order valence-electron chi connectivity index (χ3n) is 4.37. The molecule has 1 aromatic heterocycles. The second kappa shape index (κ2) is 7.63. The van der Waals surface area contributed by atoms with Gasteiger partial charge in [0.05, 0.1) is 6.54 Å². The largest absolute Gasteiger partial charge is 0.317 e. The molecule has 1 aliphatic carbocycles. The number of aromatic nitrogens is 3. The highest BCUT2D eigenvalue weighted by molar-refractivity contribution is 4.86. The van der Waals surface area contributed by atoms with E-state index in [1.165, 1.54) is 44.9 Å². The first-order valence-electron chi connectivity index (χ1n) is 7.93. The zero-order valence-electron chi connectivity index (χ0n) is 12.4. The standard InChI is InChI=1S/C15H28N4/c1-3-6-13-7-5-8-14(10-9-13)16-11-15-18-17-12-19(15)4-2/h12-14,16H,3-11H2,1-2H3. The molecule has 0 saturated heterocycles. The summed E-state index contributed by atoms with van der Waals surface area (Å²) in [5, 5.41) is 11.9. The first-order valence-corrected chi connectivity index (χ1v) is 7.93. The molecule has 0 radical (unpaired) electrons. The molecule has 1 aromatic rings. The number of hydrogen-bond donors (Lipinski definition) is 1. The molecule has 1 saturated carbocycles. The number of nitrogens with one attached hydrogen (secondary N) is 1. The summed E-state index contributed by atoms with van der Waals surface area (Å²) in [6.07, 6.45) is 11.4. The molecule has 0 bridgehead atoms. The van der Waals surface area contributed by atoms with Crippen LogP contribution in [0.3, 0.4) is 0 Å². The fraction of sp³-hybridized carbons (Fsp3) is 0.867. The lowest BCUT2D eigenvalue weighted by Gasteiger charge is -2.16. The molecule has 2 rings (SSSR count). The Bertz CT molecular complexity index is 361. The highest BCUT2D eigenvalue weighted by Crippen LogP contribution is 2.26. The maximum absolute atomic E-state index is 4.19. The molecule has 0 aliphatic heterocycles. The molecule has 1 N–H and O–H groups in total. The van der Waals surface area contributed by atoms with Gasteiger partial charge in [0.2, 0.25) is 0 Å². The SMILES string of the molecule is CCCC1CCCC(NCc2nncn2CC)CC1. The lowest BCUT2D eigenvalue weighted by molar-refractivity contribution is 0.407. The van der Waals surface area contributed by atoms with Crippen LogP contribution in [-0.2, 0) is 13.1 Å². The van der Waals surface area contributed by atoms with E-state index in [-0.39, 0.29) is 0 Å². The van der Waals surface area contributed by atoms with Crippen LogP contribution in [0.4, 0.5) is 0 Å². The fourth-order valence-electron chi connectivity index (χ4n) is 3.20. The molecule has 4 heteroatoms. The Balaban J connectivity index is 1.77. The molecule has 4 nitrogen and oxygen atoms in total. The van der Waals surface area contributed by atoms with Crippen molar-refractivity contribution in [3.8, 4) is 0 Å². The maximum Gasteiger partial charge on any atom is 0.146 e. The van der Waals surface area contributed by atoms with Gasteiger partial charge in [0.1, 0.15) is 12.2 Å². The zero-order valence-corrected chi connectivity index (χ0v) is 12.4. The van der Waals surface area contributed by atoms with E-state index < -0.39 is 0 Å². The quantitative estimate of drug-likeness (QED) is 0.803. The van der Waals surface area contributed by atoms with Crippen LogP contribution in [0, 0.1) is 5.92 Å². The summed E-state index contributed by atoms with van der Waals surface area (Å²) in [5.41, 5.74) is 0. The van der Waals surface area contributed by atoms with Crippen molar-refractivity contribution in [2.45, 2.75) is 77.9 Å². The predicted octanol–water partition coefficient (Wildman–Crippen LogP) is 3.14. The van der Waals surface area contributed by atoms with Gasteiger partial charge >= 0.3 is 0 Å². The van der Waals surface area contributed by atoms with Crippen LogP contribution in [0.2, 0.25) is 0 Å². The molecular formula is C15H28N4. The minimum Gasteiger partial charge on any atom is -0.317 e. The first kappa shape index (κ1) is 14.5. The molecule has 0 amide bonds. The van der Waals surface area contributed by atoms with Crippen molar-refractivity contribution in [2.24, 2.45) is 5.92 Å². The minimum atomic E-state index is 0.670. The van der Waals surface area contributed by atoms with E-state index in [9.17, 15) is 0 Å². The van der Waals surface area contributed by atoms with E-state index >= 15 is 0 Å². The Labute approximate surface area is 117 Å². The van der Waals surface area contributed by atoms with Crippen LogP contribution in [-0.4, -0.2) is 20.8 Å². The Hall–Kier alpha value is -0.900. The molecule has 1 heterocycles. The molecule has 108 valence electrons. The Morgan fingerprint density at radius 3 is 2.95 bits per heavy atom. The third kappa shape index (κ3) is 4.30. The smallest absolute Gasteiger partial charge is 0.146 e. The molecule has 0 spiro atoms. The normalized spacial score (nSPS) is 24.3. The highest BCUT2D eigenvalue weighted by atomic mass is 15.3. The van der Waals surface area contributed by atoms with Crippen LogP contribution in [0.15, 0.2) is 6.33 Å². The zero-order chi connectivity index (χ0) is 13.5. The van der Waals surface area contributed by atoms with Crippen LogP contribution in [0.25, 0.3) is 0 Å². The second-order valence-electron chi connectivity index (χ2n) is 5.77. The van der Waals surface area contributed by atoms with Crippen molar-refractivity contribution in [2.75, 3.05) is 0 Å². The van der Waals surface area contributed by atoms with Gasteiger partial charge < -0.3 is 9.88 Å². The number of rotatable bonds is 6. The first-order chi connectivity index (χ1) is 9.33. The average molecular weight is 264 g/mol. The molecular weight excluding hydrogens is 236 g/mol. The van der Waals surface area contributed by atoms with Crippen molar-refractivity contribution in [3.05, 3.63) is 12.2 Å². The number of nitrogens with zero attached hydrogens (tertiary/aromatic N) is 3. The second-order valence-corrected chi connectivity index (χ2v) is 5.77. The topological polar surface area (TPSA) is 42.7 Å². The van der Waals surface area contributed by atoms with Crippen molar-refractivity contribution >= 4 is 0 Å². The summed E-state index contributed by atoms with van der Waals surface area (Å²) in [5.74, 6) is 2.04. The van der Waals surface area contributed by atoms with Gasteiger partial charge in [-0.25, -0.2) is 0 Å². The van der Waals surface area contributed by atoms with Crippen LogP contribution >= 0.6 is 0 Å². The van der Waals surface area contributed by atoms with Gasteiger partial charge in [-0.05, 0) is 32.1 Å². The molecule has 1 aliphatic rings. The summed E-state index contributed by atoms with van der Waals surface area (Å²) in [4.78, 5) is 0. The molecule has 19 heavy (non-hydrogen) atoms. The molecule has 2 unspecified atom stereocenters. The van der Waals surface area contributed by atoms with Gasteiger partial charge in [0.25, 0.3) is 0 Å². The highest BCUT2D eigenvalue weighted by Gasteiger charge is 2.18. The van der Waals surface area contributed by atoms with E-state index in [0.29, 0.717) is 6.04 Å². The Morgan fingerprint density at radius 1 is 1.26 bits per heavy atom. The minimum absolute atomic E-state index is 0.670.